The van der Waals surface area contributed by atoms with Crippen molar-refractivity contribution >= 4 is 17.6 Å². The lowest BCUT2D eigenvalue weighted by molar-refractivity contribution is -0.149. The number of carbonyl (C=O) groups is 2. The van der Waals surface area contributed by atoms with E-state index in [4.69, 9.17) is 4.74 Å². The van der Waals surface area contributed by atoms with Gasteiger partial charge in [0.1, 0.15) is 11.3 Å². The summed E-state index contributed by atoms with van der Waals surface area (Å²) in [6, 6.07) is 7.00. The average molecular weight is 294 g/mol. The van der Waals surface area contributed by atoms with Gasteiger partial charge in [-0.2, -0.15) is 0 Å². The first kappa shape index (κ1) is 17.0. The molecule has 6 nitrogen and oxygen atoms in total. The van der Waals surface area contributed by atoms with Gasteiger partial charge >= 0.3 is 5.97 Å². The van der Waals surface area contributed by atoms with E-state index < -0.39 is 11.5 Å². The zero-order valence-corrected chi connectivity index (χ0v) is 12.8. The van der Waals surface area contributed by atoms with Crippen LogP contribution >= 0.6 is 0 Å². The van der Waals surface area contributed by atoms with E-state index in [0.717, 1.165) is 0 Å². The van der Waals surface area contributed by atoms with Crippen LogP contribution in [0.1, 0.15) is 20.8 Å². The van der Waals surface area contributed by atoms with Crippen molar-refractivity contribution < 1.29 is 19.4 Å². The van der Waals surface area contributed by atoms with Gasteiger partial charge in [-0.05, 0) is 32.5 Å². The Morgan fingerprint density at radius 3 is 2.57 bits per heavy atom. The molecule has 0 aromatic heterocycles. The number of hydrogen-bond donors (Lipinski definition) is 2. The van der Waals surface area contributed by atoms with E-state index in [0.29, 0.717) is 18.0 Å². The van der Waals surface area contributed by atoms with Crippen LogP contribution in [0.3, 0.4) is 0 Å². The normalized spacial score (nSPS) is 11.3. The van der Waals surface area contributed by atoms with E-state index in [1.165, 1.54) is 0 Å². The highest BCUT2D eigenvalue weighted by Crippen LogP contribution is 2.18. The summed E-state index contributed by atoms with van der Waals surface area (Å²) in [6.45, 7) is 5.46. The third-order valence-electron chi connectivity index (χ3n) is 3.38. The number of amides is 1. The fourth-order valence-corrected chi connectivity index (χ4v) is 1.91. The first-order valence-corrected chi connectivity index (χ1v) is 6.73. The van der Waals surface area contributed by atoms with E-state index in [9.17, 15) is 14.7 Å². The lowest BCUT2D eigenvalue weighted by Gasteiger charge is -2.33. The fourth-order valence-electron chi connectivity index (χ4n) is 1.91. The second-order valence-corrected chi connectivity index (χ2v) is 5.16. The van der Waals surface area contributed by atoms with Gasteiger partial charge in [0, 0.05) is 11.8 Å². The number of methoxy groups -OCH3 is 1. The topological polar surface area (TPSA) is 78.9 Å². The van der Waals surface area contributed by atoms with Crippen LogP contribution in [0.5, 0.6) is 5.75 Å². The Hall–Kier alpha value is -2.08. The molecule has 0 spiro atoms. The van der Waals surface area contributed by atoms with Crippen molar-refractivity contribution in [3.05, 3.63) is 24.3 Å². The van der Waals surface area contributed by atoms with Gasteiger partial charge in [-0.25, -0.2) is 0 Å². The van der Waals surface area contributed by atoms with Crippen molar-refractivity contribution in [2.45, 2.75) is 26.3 Å². The largest absolute Gasteiger partial charge is 0.497 e. The summed E-state index contributed by atoms with van der Waals surface area (Å²) >= 11 is 0. The summed E-state index contributed by atoms with van der Waals surface area (Å²) in [5, 5.41) is 12.0. The van der Waals surface area contributed by atoms with Crippen LogP contribution in [-0.2, 0) is 9.59 Å². The number of hydrogen-bond acceptors (Lipinski definition) is 4. The molecule has 0 saturated heterocycles. The van der Waals surface area contributed by atoms with Crippen molar-refractivity contribution in [3.63, 3.8) is 0 Å². The molecule has 0 atom stereocenters. The number of benzene rings is 1. The summed E-state index contributed by atoms with van der Waals surface area (Å²) in [5.74, 6) is -0.580. The van der Waals surface area contributed by atoms with Gasteiger partial charge in [0.15, 0.2) is 0 Å². The molecular formula is C15H22N2O4. The van der Waals surface area contributed by atoms with Crippen LogP contribution in [-0.4, -0.2) is 47.6 Å². The number of likely N-dealkylation sites (N-methyl/N-ethyl adjacent to an activating group) is 1. The predicted octanol–water partition coefficient (Wildman–Crippen LogP) is 1.82. The van der Waals surface area contributed by atoms with Crippen LogP contribution < -0.4 is 10.1 Å². The number of carboxylic acids is 1. The van der Waals surface area contributed by atoms with Gasteiger partial charge < -0.3 is 15.2 Å². The molecule has 1 aromatic carbocycles. The third kappa shape index (κ3) is 4.46. The molecule has 0 unspecified atom stereocenters. The average Bonchev–Trinajstić information content (AvgIpc) is 2.44. The quantitative estimate of drug-likeness (QED) is 0.802. The molecule has 116 valence electrons. The zero-order chi connectivity index (χ0) is 16.0. The van der Waals surface area contributed by atoms with Gasteiger partial charge in [-0.1, -0.05) is 13.0 Å². The fraction of sp³-hybridized carbons (Fsp3) is 0.467. The maximum absolute atomic E-state index is 12.1. The van der Waals surface area contributed by atoms with Crippen molar-refractivity contribution in [3.8, 4) is 5.75 Å². The van der Waals surface area contributed by atoms with Crippen molar-refractivity contribution in [1.29, 1.82) is 0 Å². The van der Waals surface area contributed by atoms with Crippen LogP contribution in [0.2, 0.25) is 0 Å². The summed E-state index contributed by atoms with van der Waals surface area (Å²) in [7, 11) is 1.55. The van der Waals surface area contributed by atoms with Crippen molar-refractivity contribution in [2.24, 2.45) is 0 Å². The highest BCUT2D eigenvalue weighted by molar-refractivity contribution is 5.93. The summed E-state index contributed by atoms with van der Waals surface area (Å²) in [5.41, 5.74) is -0.482. The van der Waals surface area contributed by atoms with Crippen LogP contribution in [0.15, 0.2) is 24.3 Å². The van der Waals surface area contributed by atoms with Gasteiger partial charge in [-0.15, -0.1) is 0 Å². The Balaban J connectivity index is 2.73. The van der Waals surface area contributed by atoms with Crippen LogP contribution in [0.25, 0.3) is 0 Å². The van der Waals surface area contributed by atoms with Crippen molar-refractivity contribution in [2.75, 3.05) is 25.5 Å². The van der Waals surface area contributed by atoms with Crippen LogP contribution in [0, 0.1) is 0 Å². The molecule has 6 heteroatoms. The molecule has 0 saturated carbocycles. The van der Waals surface area contributed by atoms with E-state index >= 15 is 0 Å². The van der Waals surface area contributed by atoms with Gasteiger partial charge in [0.25, 0.3) is 0 Å². The molecule has 0 bridgehead atoms. The lowest BCUT2D eigenvalue weighted by Crippen LogP contribution is -2.52. The Kier molecular flexibility index (Phi) is 5.72. The molecule has 0 aliphatic rings. The minimum atomic E-state index is -1.10. The number of aliphatic carboxylic acids is 1. The number of nitrogens with one attached hydrogen (secondary N) is 1. The highest BCUT2D eigenvalue weighted by atomic mass is 16.5. The second kappa shape index (κ2) is 7.08. The van der Waals surface area contributed by atoms with E-state index in [1.54, 1.807) is 50.1 Å². The summed E-state index contributed by atoms with van der Waals surface area (Å²) in [6.07, 6.45) is 0. The predicted molar refractivity (Wildman–Crippen MR) is 80.6 cm³/mol. The molecular weight excluding hydrogens is 272 g/mol. The molecule has 0 aliphatic heterocycles. The Morgan fingerprint density at radius 1 is 1.38 bits per heavy atom. The van der Waals surface area contributed by atoms with Gasteiger partial charge in [-0.3, -0.25) is 14.5 Å². The number of carboxylic acid groups (broad SMARTS) is 1. The first-order chi connectivity index (χ1) is 9.81. The monoisotopic (exact) mass is 294 g/mol. The van der Waals surface area contributed by atoms with E-state index in [-0.39, 0.29) is 12.5 Å². The smallest absolute Gasteiger partial charge is 0.323 e. The SMILES string of the molecule is CCN(CC(=O)Nc1cccc(OC)c1)C(C)(C)C(=O)O. The molecule has 1 amide bonds. The first-order valence-electron chi connectivity index (χ1n) is 6.73. The number of rotatable bonds is 7. The zero-order valence-electron chi connectivity index (χ0n) is 12.8. The molecule has 0 fully saturated rings. The highest BCUT2D eigenvalue weighted by Gasteiger charge is 2.34. The van der Waals surface area contributed by atoms with E-state index in [1.807, 2.05) is 6.92 Å². The van der Waals surface area contributed by atoms with Crippen LogP contribution in [0.4, 0.5) is 5.69 Å². The Bertz CT molecular complexity index is 514. The number of anilines is 1. The molecule has 21 heavy (non-hydrogen) atoms. The molecule has 1 rings (SSSR count). The number of ether oxygens (including phenoxy) is 1. The Labute approximate surface area is 124 Å². The minimum Gasteiger partial charge on any atom is -0.497 e. The van der Waals surface area contributed by atoms with Gasteiger partial charge in [0.05, 0.1) is 13.7 Å². The molecule has 0 aliphatic carbocycles. The molecule has 0 heterocycles. The Morgan fingerprint density at radius 2 is 2.05 bits per heavy atom. The summed E-state index contributed by atoms with van der Waals surface area (Å²) in [4.78, 5) is 24.9. The third-order valence-corrected chi connectivity index (χ3v) is 3.38. The lowest BCUT2D eigenvalue weighted by atomic mass is 10.0. The molecule has 2 N–H and O–H groups in total. The number of carbonyl (C=O) groups excluding carboxylic acids is 1. The van der Waals surface area contributed by atoms with E-state index in [2.05, 4.69) is 5.32 Å². The molecule has 1 aromatic rings. The van der Waals surface area contributed by atoms with Crippen molar-refractivity contribution in [1.82, 2.24) is 4.90 Å². The summed E-state index contributed by atoms with van der Waals surface area (Å²) < 4.78 is 5.08. The maximum atomic E-state index is 12.1. The molecule has 0 radical (unpaired) electrons. The second-order valence-electron chi connectivity index (χ2n) is 5.16. The minimum absolute atomic E-state index is 0.00695. The van der Waals surface area contributed by atoms with Gasteiger partial charge in [0.2, 0.25) is 5.91 Å². The standard InChI is InChI=1S/C15H22N2O4/c1-5-17(15(2,3)14(19)20)10-13(18)16-11-7-6-8-12(9-11)21-4/h6-9H,5,10H2,1-4H3,(H,16,18)(H,19,20). The number of nitrogens with zero attached hydrogens (tertiary/aromatic N) is 1. The maximum Gasteiger partial charge on any atom is 0.323 e.